The average Bonchev–Trinajstić information content (AvgIpc) is 3.09. The zero-order valence-electron chi connectivity index (χ0n) is 15.0. The van der Waals surface area contributed by atoms with Crippen molar-refractivity contribution in [2.75, 3.05) is 6.54 Å². The predicted molar refractivity (Wildman–Crippen MR) is 102 cm³/mol. The molecule has 0 aromatic heterocycles. The Morgan fingerprint density at radius 1 is 1.33 bits per heavy atom. The molecule has 8 heteroatoms. The van der Waals surface area contributed by atoms with Crippen molar-refractivity contribution < 1.29 is 24.5 Å². The molecule has 0 saturated heterocycles. The van der Waals surface area contributed by atoms with Crippen molar-refractivity contribution >= 4 is 27.7 Å². The van der Waals surface area contributed by atoms with Gasteiger partial charge in [0.1, 0.15) is 18.0 Å². The van der Waals surface area contributed by atoms with E-state index < -0.39 is 30.1 Å². The van der Waals surface area contributed by atoms with Gasteiger partial charge >= 0.3 is 0 Å². The fourth-order valence-electron chi connectivity index (χ4n) is 3.66. The molecule has 5 N–H and O–H groups in total. The molecule has 3 atom stereocenters. The van der Waals surface area contributed by atoms with Gasteiger partial charge < -0.3 is 26.0 Å². The molecule has 7 nitrogen and oxygen atoms in total. The zero-order chi connectivity index (χ0) is 19.7. The van der Waals surface area contributed by atoms with Crippen molar-refractivity contribution in [3.05, 3.63) is 38.9 Å². The SMILES string of the molecule is Cc1cc(Br)c(O[C@@H]2C=C(C(=O)NCC(N)=O)C[C@@H](O)[C@H]2O)c2c1CCC2. The van der Waals surface area contributed by atoms with Crippen molar-refractivity contribution in [3.63, 3.8) is 0 Å². The first kappa shape index (κ1) is 19.9. The van der Waals surface area contributed by atoms with Gasteiger partial charge in [-0.25, -0.2) is 0 Å². The summed E-state index contributed by atoms with van der Waals surface area (Å²) in [5, 5.41) is 22.9. The van der Waals surface area contributed by atoms with E-state index in [9.17, 15) is 19.8 Å². The number of halogens is 1. The highest BCUT2D eigenvalue weighted by Gasteiger charge is 2.35. The second kappa shape index (κ2) is 8.00. The predicted octanol–water partition coefficient (Wildman–Crippen LogP) is 0.647. The number of ether oxygens (including phenoxy) is 1. The second-order valence-electron chi connectivity index (χ2n) is 7.00. The van der Waals surface area contributed by atoms with Crippen LogP contribution >= 0.6 is 15.9 Å². The molecule has 0 unspecified atom stereocenters. The van der Waals surface area contributed by atoms with Crippen LogP contribution in [0.5, 0.6) is 5.75 Å². The Morgan fingerprint density at radius 3 is 2.74 bits per heavy atom. The van der Waals surface area contributed by atoms with Gasteiger partial charge in [0.25, 0.3) is 0 Å². The van der Waals surface area contributed by atoms with Crippen LogP contribution in [-0.4, -0.2) is 46.9 Å². The highest BCUT2D eigenvalue weighted by atomic mass is 79.9. The number of aliphatic hydroxyl groups excluding tert-OH is 2. The van der Waals surface area contributed by atoms with Gasteiger partial charge in [-0.2, -0.15) is 0 Å². The lowest BCUT2D eigenvalue weighted by molar-refractivity contribution is -0.123. The zero-order valence-corrected chi connectivity index (χ0v) is 16.6. The van der Waals surface area contributed by atoms with E-state index in [2.05, 4.69) is 28.2 Å². The molecule has 146 valence electrons. The summed E-state index contributed by atoms with van der Waals surface area (Å²) in [4.78, 5) is 23.1. The summed E-state index contributed by atoms with van der Waals surface area (Å²) < 4.78 is 6.85. The van der Waals surface area contributed by atoms with Crippen molar-refractivity contribution in [2.24, 2.45) is 5.73 Å². The number of nitrogens with two attached hydrogens (primary N) is 1. The topological polar surface area (TPSA) is 122 Å². The summed E-state index contributed by atoms with van der Waals surface area (Å²) in [5.74, 6) is -0.534. The number of aliphatic hydroxyl groups is 2. The number of aryl methyl sites for hydroxylation is 1. The molecule has 0 radical (unpaired) electrons. The maximum absolute atomic E-state index is 12.2. The molecule has 0 saturated carbocycles. The number of hydrogen-bond donors (Lipinski definition) is 4. The van der Waals surface area contributed by atoms with Gasteiger partial charge in [-0.3, -0.25) is 9.59 Å². The Hall–Kier alpha value is -1.90. The van der Waals surface area contributed by atoms with Crippen LogP contribution in [0, 0.1) is 6.92 Å². The largest absolute Gasteiger partial charge is 0.482 e. The smallest absolute Gasteiger partial charge is 0.247 e. The lowest BCUT2D eigenvalue weighted by Crippen LogP contribution is -2.45. The van der Waals surface area contributed by atoms with Gasteiger partial charge in [-0.15, -0.1) is 0 Å². The number of rotatable bonds is 5. The number of carbonyl (C=O) groups excluding carboxylic acids is 2. The van der Waals surface area contributed by atoms with Crippen LogP contribution in [0.15, 0.2) is 22.2 Å². The van der Waals surface area contributed by atoms with Crippen LogP contribution in [0.1, 0.15) is 29.5 Å². The maximum Gasteiger partial charge on any atom is 0.247 e. The number of amides is 2. The molecule has 3 rings (SSSR count). The first-order valence-corrected chi connectivity index (χ1v) is 9.68. The van der Waals surface area contributed by atoms with E-state index in [1.807, 2.05) is 6.07 Å². The third kappa shape index (κ3) is 4.17. The second-order valence-corrected chi connectivity index (χ2v) is 7.85. The van der Waals surface area contributed by atoms with Crippen LogP contribution in [0.25, 0.3) is 0 Å². The molecule has 2 aliphatic carbocycles. The van der Waals surface area contributed by atoms with Crippen LogP contribution in [0.2, 0.25) is 0 Å². The molecule has 0 fully saturated rings. The Balaban J connectivity index is 1.87. The van der Waals surface area contributed by atoms with Crippen LogP contribution in [-0.2, 0) is 22.4 Å². The van der Waals surface area contributed by atoms with Gasteiger partial charge in [-0.05, 0) is 70.9 Å². The number of fused-ring (bicyclic) bond motifs is 1. The van der Waals surface area contributed by atoms with Gasteiger partial charge in [0.05, 0.1) is 17.1 Å². The molecule has 27 heavy (non-hydrogen) atoms. The van der Waals surface area contributed by atoms with Crippen LogP contribution < -0.4 is 15.8 Å². The standard InChI is InChI=1S/C19H23BrN2O5/c1-9-5-13(20)18(12-4-2-3-11(9)12)27-15-7-10(6-14(23)17(15)25)19(26)22-8-16(21)24/h5,7,14-15,17,23,25H,2-4,6,8H2,1H3,(H2,21,24)(H,22,26)/t14-,15-,17-/m1/s1. The van der Waals surface area contributed by atoms with Crippen molar-refractivity contribution in [2.45, 2.75) is 50.9 Å². The summed E-state index contributed by atoms with van der Waals surface area (Å²) in [7, 11) is 0. The summed E-state index contributed by atoms with van der Waals surface area (Å²) >= 11 is 3.53. The van der Waals surface area contributed by atoms with E-state index >= 15 is 0 Å². The third-order valence-electron chi connectivity index (χ3n) is 5.02. The van der Waals surface area contributed by atoms with Crippen molar-refractivity contribution in [1.29, 1.82) is 0 Å². The quantitative estimate of drug-likeness (QED) is 0.537. The van der Waals surface area contributed by atoms with E-state index in [1.165, 1.54) is 17.2 Å². The maximum atomic E-state index is 12.2. The number of nitrogens with one attached hydrogen (secondary N) is 1. The minimum Gasteiger partial charge on any atom is -0.482 e. The number of primary amides is 1. The fourth-order valence-corrected chi connectivity index (χ4v) is 4.34. The highest BCUT2D eigenvalue weighted by molar-refractivity contribution is 9.10. The minimum absolute atomic E-state index is 0.0290. The first-order chi connectivity index (χ1) is 12.8. The number of carbonyl (C=O) groups is 2. The summed E-state index contributed by atoms with van der Waals surface area (Å²) in [6, 6.07) is 1.98. The Morgan fingerprint density at radius 2 is 2.04 bits per heavy atom. The average molecular weight is 439 g/mol. The summed E-state index contributed by atoms with van der Waals surface area (Å²) in [6.07, 6.45) is 1.18. The minimum atomic E-state index is -1.16. The fraction of sp³-hybridized carbons (Fsp3) is 0.474. The van der Waals surface area contributed by atoms with Gasteiger partial charge in [0.15, 0.2) is 0 Å². The molecule has 1 aromatic rings. The molecular weight excluding hydrogens is 416 g/mol. The molecule has 2 aliphatic rings. The lowest BCUT2D eigenvalue weighted by Gasteiger charge is -2.31. The molecule has 0 bridgehead atoms. The van der Waals surface area contributed by atoms with E-state index in [0.29, 0.717) is 5.75 Å². The van der Waals surface area contributed by atoms with Crippen LogP contribution in [0.4, 0.5) is 0 Å². The van der Waals surface area contributed by atoms with E-state index in [1.54, 1.807) is 0 Å². The molecule has 0 heterocycles. The molecule has 0 aliphatic heterocycles. The normalized spacial score (nSPS) is 24.1. The van der Waals surface area contributed by atoms with E-state index in [0.717, 1.165) is 29.3 Å². The van der Waals surface area contributed by atoms with Gasteiger partial charge in [-0.1, -0.05) is 0 Å². The lowest BCUT2D eigenvalue weighted by atomic mass is 9.91. The third-order valence-corrected chi connectivity index (χ3v) is 5.61. The summed E-state index contributed by atoms with van der Waals surface area (Å²) in [6.45, 7) is 1.76. The first-order valence-electron chi connectivity index (χ1n) is 8.88. The monoisotopic (exact) mass is 438 g/mol. The molecular formula is C19H23BrN2O5. The highest BCUT2D eigenvalue weighted by Crippen LogP contribution is 2.40. The van der Waals surface area contributed by atoms with Gasteiger partial charge in [0.2, 0.25) is 11.8 Å². The molecule has 0 spiro atoms. The Kier molecular flexibility index (Phi) is 5.88. The summed E-state index contributed by atoms with van der Waals surface area (Å²) in [5.41, 5.74) is 8.83. The number of hydrogen-bond acceptors (Lipinski definition) is 5. The van der Waals surface area contributed by atoms with Crippen molar-refractivity contribution in [3.8, 4) is 5.75 Å². The van der Waals surface area contributed by atoms with Gasteiger partial charge in [0, 0.05) is 12.0 Å². The van der Waals surface area contributed by atoms with Crippen molar-refractivity contribution in [1.82, 2.24) is 5.32 Å². The Bertz CT molecular complexity index is 808. The van der Waals surface area contributed by atoms with Crippen LogP contribution in [0.3, 0.4) is 0 Å². The molecule has 1 aromatic carbocycles. The number of benzene rings is 1. The Labute approximate surface area is 165 Å². The molecule has 2 amide bonds. The van der Waals surface area contributed by atoms with E-state index in [4.69, 9.17) is 10.5 Å². The van der Waals surface area contributed by atoms with E-state index in [-0.39, 0.29) is 18.5 Å².